The van der Waals surface area contributed by atoms with Crippen LogP contribution < -0.4 is 5.32 Å². The molecule has 0 aliphatic rings. The van der Waals surface area contributed by atoms with Crippen LogP contribution >= 0.6 is 11.8 Å². The van der Waals surface area contributed by atoms with Gasteiger partial charge in [-0.25, -0.2) is 4.98 Å². The molecule has 0 aromatic carbocycles. The maximum atomic E-state index is 11.2. The highest BCUT2D eigenvalue weighted by Crippen LogP contribution is 2.05. The van der Waals surface area contributed by atoms with Gasteiger partial charge in [-0.2, -0.15) is 11.8 Å². The lowest BCUT2D eigenvalue weighted by molar-refractivity contribution is -0.113. The summed E-state index contributed by atoms with van der Waals surface area (Å²) in [6.45, 7) is 1.96. The standard InChI is InChI=1S/C9H12N2OS/c1-7-3-4-10-8(5-7)11-9(12)6-13-2/h3-5H,6H2,1-2H3,(H,10,11,12). The summed E-state index contributed by atoms with van der Waals surface area (Å²) in [7, 11) is 0. The average Bonchev–Trinajstić information content (AvgIpc) is 2.04. The monoisotopic (exact) mass is 196 g/mol. The number of aromatic nitrogens is 1. The summed E-state index contributed by atoms with van der Waals surface area (Å²) in [6.07, 6.45) is 3.58. The van der Waals surface area contributed by atoms with E-state index >= 15 is 0 Å². The molecule has 1 N–H and O–H groups in total. The van der Waals surface area contributed by atoms with Crippen molar-refractivity contribution < 1.29 is 4.79 Å². The van der Waals surface area contributed by atoms with E-state index in [-0.39, 0.29) is 5.91 Å². The highest BCUT2D eigenvalue weighted by atomic mass is 32.2. The molecule has 4 heteroatoms. The summed E-state index contributed by atoms with van der Waals surface area (Å²) in [6, 6.07) is 3.74. The van der Waals surface area contributed by atoms with Crippen LogP contribution in [-0.2, 0) is 4.79 Å². The number of rotatable bonds is 3. The zero-order valence-electron chi connectivity index (χ0n) is 7.70. The topological polar surface area (TPSA) is 42.0 Å². The van der Waals surface area contributed by atoms with E-state index in [0.717, 1.165) is 5.56 Å². The van der Waals surface area contributed by atoms with E-state index < -0.39 is 0 Å². The van der Waals surface area contributed by atoms with Crippen LogP contribution in [0.15, 0.2) is 18.3 Å². The molecule has 0 saturated heterocycles. The maximum absolute atomic E-state index is 11.2. The fourth-order valence-electron chi connectivity index (χ4n) is 0.915. The van der Waals surface area contributed by atoms with E-state index in [1.165, 1.54) is 11.8 Å². The summed E-state index contributed by atoms with van der Waals surface area (Å²) >= 11 is 1.49. The lowest BCUT2D eigenvalue weighted by Gasteiger charge is -2.02. The smallest absolute Gasteiger partial charge is 0.235 e. The van der Waals surface area contributed by atoms with E-state index in [1.807, 2.05) is 25.3 Å². The fourth-order valence-corrected chi connectivity index (χ4v) is 1.25. The van der Waals surface area contributed by atoms with Gasteiger partial charge in [0, 0.05) is 6.20 Å². The first-order chi connectivity index (χ1) is 6.22. The predicted octanol–water partition coefficient (Wildman–Crippen LogP) is 1.69. The van der Waals surface area contributed by atoms with E-state index in [0.29, 0.717) is 11.6 Å². The van der Waals surface area contributed by atoms with Gasteiger partial charge in [-0.1, -0.05) is 0 Å². The van der Waals surface area contributed by atoms with Gasteiger partial charge in [0.15, 0.2) is 0 Å². The lowest BCUT2D eigenvalue weighted by atomic mass is 10.3. The molecule has 3 nitrogen and oxygen atoms in total. The van der Waals surface area contributed by atoms with Crippen molar-refractivity contribution >= 4 is 23.5 Å². The zero-order valence-corrected chi connectivity index (χ0v) is 8.52. The van der Waals surface area contributed by atoms with E-state index in [9.17, 15) is 4.79 Å². The first-order valence-electron chi connectivity index (χ1n) is 3.94. The van der Waals surface area contributed by atoms with Gasteiger partial charge in [0.2, 0.25) is 5.91 Å². The van der Waals surface area contributed by atoms with Crippen LogP contribution in [0.25, 0.3) is 0 Å². The van der Waals surface area contributed by atoms with Crippen molar-refractivity contribution in [3.05, 3.63) is 23.9 Å². The third-order valence-electron chi connectivity index (χ3n) is 1.46. The molecule has 0 bridgehead atoms. The van der Waals surface area contributed by atoms with E-state index in [1.54, 1.807) is 6.20 Å². The lowest BCUT2D eigenvalue weighted by Crippen LogP contribution is -2.14. The molecule has 0 fully saturated rings. The molecule has 13 heavy (non-hydrogen) atoms. The molecule has 70 valence electrons. The fraction of sp³-hybridized carbons (Fsp3) is 0.333. The van der Waals surface area contributed by atoms with Gasteiger partial charge in [0.1, 0.15) is 5.82 Å². The predicted molar refractivity (Wildman–Crippen MR) is 56.0 cm³/mol. The normalized spacial score (nSPS) is 9.69. The molecule has 0 saturated carbocycles. The number of pyridine rings is 1. The van der Waals surface area contributed by atoms with Gasteiger partial charge in [0.05, 0.1) is 5.75 Å². The van der Waals surface area contributed by atoms with Crippen molar-refractivity contribution in [3.63, 3.8) is 0 Å². The number of amides is 1. The largest absolute Gasteiger partial charge is 0.310 e. The van der Waals surface area contributed by atoms with E-state index in [2.05, 4.69) is 10.3 Å². The molecule has 0 spiro atoms. The SMILES string of the molecule is CSCC(=O)Nc1cc(C)ccn1. The first kappa shape index (κ1) is 10.1. The number of thioether (sulfide) groups is 1. The highest BCUT2D eigenvalue weighted by molar-refractivity contribution is 7.99. The van der Waals surface area contributed by atoms with Crippen molar-refractivity contribution in [1.82, 2.24) is 4.98 Å². The van der Waals surface area contributed by atoms with Crippen LogP contribution in [0.3, 0.4) is 0 Å². The molecule has 1 aromatic heterocycles. The minimum Gasteiger partial charge on any atom is -0.310 e. The molecule has 0 unspecified atom stereocenters. The van der Waals surface area contributed by atoms with Crippen LogP contribution in [0.1, 0.15) is 5.56 Å². The molecular weight excluding hydrogens is 184 g/mol. The number of hydrogen-bond donors (Lipinski definition) is 1. The number of hydrogen-bond acceptors (Lipinski definition) is 3. The Bertz CT molecular complexity index is 301. The average molecular weight is 196 g/mol. The van der Waals surface area contributed by atoms with Gasteiger partial charge < -0.3 is 5.32 Å². The molecule has 1 heterocycles. The number of aryl methyl sites for hydroxylation is 1. The molecule has 0 aliphatic heterocycles. The number of anilines is 1. The second-order valence-electron chi connectivity index (χ2n) is 2.70. The maximum Gasteiger partial charge on any atom is 0.235 e. The Morgan fingerprint density at radius 3 is 3.08 bits per heavy atom. The second-order valence-corrected chi connectivity index (χ2v) is 3.57. The minimum atomic E-state index is -0.00870. The molecular formula is C9H12N2OS. The van der Waals surface area contributed by atoms with Crippen molar-refractivity contribution in [2.24, 2.45) is 0 Å². The van der Waals surface area contributed by atoms with Crippen LogP contribution in [0.5, 0.6) is 0 Å². The highest BCUT2D eigenvalue weighted by Gasteiger charge is 2.00. The Morgan fingerprint density at radius 1 is 1.69 bits per heavy atom. The Labute approximate surface area is 81.9 Å². The molecule has 1 rings (SSSR count). The van der Waals surface area contributed by atoms with Crippen LogP contribution in [0, 0.1) is 6.92 Å². The van der Waals surface area contributed by atoms with Crippen LogP contribution in [0.2, 0.25) is 0 Å². The van der Waals surface area contributed by atoms with Crippen molar-refractivity contribution in [2.45, 2.75) is 6.92 Å². The zero-order chi connectivity index (χ0) is 9.68. The minimum absolute atomic E-state index is 0.00870. The molecule has 0 radical (unpaired) electrons. The Morgan fingerprint density at radius 2 is 2.46 bits per heavy atom. The van der Waals surface area contributed by atoms with Gasteiger partial charge in [0.25, 0.3) is 0 Å². The molecule has 0 atom stereocenters. The summed E-state index contributed by atoms with van der Waals surface area (Å²) in [4.78, 5) is 15.2. The van der Waals surface area contributed by atoms with Crippen molar-refractivity contribution in [3.8, 4) is 0 Å². The quantitative estimate of drug-likeness (QED) is 0.800. The molecule has 1 amide bonds. The van der Waals surface area contributed by atoms with Gasteiger partial charge >= 0.3 is 0 Å². The van der Waals surface area contributed by atoms with Crippen molar-refractivity contribution in [2.75, 3.05) is 17.3 Å². The van der Waals surface area contributed by atoms with Crippen LogP contribution in [0.4, 0.5) is 5.82 Å². The number of carbonyl (C=O) groups excluding carboxylic acids is 1. The second kappa shape index (κ2) is 4.87. The number of nitrogens with zero attached hydrogens (tertiary/aromatic N) is 1. The summed E-state index contributed by atoms with van der Waals surface area (Å²) in [5.74, 6) is 1.08. The van der Waals surface area contributed by atoms with Crippen molar-refractivity contribution in [1.29, 1.82) is 0 Å². The summed E-state index contributed by atoms with van der Waals surface area (Å²) in [5.41, 5.74) is 1.09. The van der Waals surface area contributed by atoms with E-state index in [4.69, 9.17) is 0 Å². The third-order valence-corrected chi connectivity index (χ3v) is 2.01. The summed E-state index contributed by atoms with van der Waals surface area (Å²) < 4.78 is 0. The first-order valence-corrected chi connectivity index (χ1v) is 5.33. The Hall–Kier alpha value is -1.03. The Balaban J connectivity index is 2.58. The number of nitrogens with one attached hydrogen (secondary N) is 1. The van der Waals surface area contributed by atoms with Gasteiger partial charge in [-0.05, 0) is 30.9 Å². The summed E-state index contributed by atoms with van der Waals surface area (Å²) in [5, 5.41) is 2.71. The van der Waals surface area contributed by atoms with Crippen LogP contribution in [-0.4, -0.2) is 22.9 Å². The molecule has 0 aliphatic carbocycles. The van der Waals surface area contributed by atoms with Gasteiger partial charge in [-0.3, -0.25) is 4.79 Å². The van der Waals surface area contributed by atoms with Gasteiger partial charge in [-0.15, -0.1) is 0 Å². The third kappa shape index (κ3) is 3.46. The Kier molecular flexibility index (Phi) is 3.76. The number of carbonyl (C=O) groups is 1. The molecule has 1 aromatic rings.